The third kappa shape index (κ3) is 1.25. The zero-order chi connectivity index (χ0) is 11.9. The van der Waals surface area contributed by atoms with Crippen LogP contribution in [0.1, 0.15) is 0 Å². The zero-order valence-electron chi connectivity index (χ0n) is 9.80. The third-order valence-electron chi connectivity index (χ3n) is 3.47. The van der Waals surface area contributed by atoms with Crippen molar-refractivity contribution >= 4 is 21.7 Å². The fourth-order valence-electron chi connectivity index (χ4n) is 2.65. The number of benzene rings is 1. The minimum atomic E-state index is 1.08. The lowest BCUT2D eigenvalue weighted by atomic mass is 10.1. The summed E-state index contributed by atoms with van der Waals surface area (Å²) < 4.78 is 0. The highest BCUT2D eigenvalue weighted by Gasteiger charge is 2.08. The van der Waals surface area contributed by atoms with Crippen LogP contribution in [0.2, 0.25) is 0 Å². The van der Waals surface area contributed by atoms with Crippen molar-refractivity contribution in [1.82, 2.24) is 4.98 Å². The molecule has 1 aromatic carbocycles. The average molecular weight is 229 g/mol. The first-order valence-electron chi connectivity index (χ1n) is 6.09. The van der Waals surface area contributed by atoms with Gasteiger partial charge in [-0.15, -0.1) is 0 Å². The van der Waals surface area contributed by atoms with E-state index in [2.05, 4.69) is 59.6 Å². The van der Waals surface area contributed by atoms with Crippen LogP contribution in [-0.4, -0.2) is 4.98 Å². The van der Waals surface area contributed by atoms with Crippen LogP contribution in [0.15, 0.2) is 66.9 Å². The molecular formula is C17H11N. The minimum Gasteiger partial charge on any atom is -0.256 e. The molecule has 0 spiro atoms. The van der Waals surface area contributed by atoms with Gasteiger partial charge < -0.3 is 0 Å². The number of hydrogen-bond acceptors (Lipinski definition) is 1. The Hall–Kier alpha value is -2.41. The molecule has 0 fully saturated rings. The normalized spacial score (nSPS) is 11.3. The largest absolute Gasteiger partial charge is 0.256 e. The fourth-order valence-corrected chi connectivity index (χ4v) is 2.65. The highest BCUT2D eigenvalue weighted by atomic mass is 14.6. The van der Waals surface area contributed by atoms with Gasteiger partial charge in [0, 0.05) is 17.0 Å². The molecule has 1 nitrogen and oxygen atoms in total. The lowest BCUT2D eigenvalue weighted by molar-refractivity contribution is 1.43. The predicted molar refractivity (Wildman–Crippen MR) is 75.9 cm³/mol. The molecule has 0 saturated carbocycles. The van der Waals surface area contributed by atoms with E-state index in [4.69, 9.17) is 0 Å². The van der Waals surface area contributed by atoms with Gasteiger partial charge in [0.1, 0.15) is 0 Å². The second kappa shape index (κ2) is 3.54. The predicted octanol–water partition coefficient (Wildman–Crippen LogP) is 4.49. The Kier molecular flexibility index (Phi) is 1.89. The van der Waals surface area contributed by atoms with Crippen LogP contribution < -0.4 is 0 Å². The first-order chi connectivity index (χ1) is 8.93. The molecule has 0 N–H and O–H groups in total. The molecule has 0 radical (unpaired) electrons. The van der Waals surface area contributed by atoms with Crippen molar-refractivity contribution in [3.8, 4) is 11.1 Å². The van der Waals surface area contributed by atoms with Gasteiger partial charge in [0.2, 0.25) is 0 Å². The smallest absolute Gasteiger partial charge is 0.0786 e. The van der Waals surface area contributed by atoms with Crippen LogP contribution in [0.5, 0.6) is 0 Å². The van der Waals surface area contributed by atoms with Crippen molar-refractivity contribution in [2.75, 3.05) is 0 Å². The molecule has 0 aliphatic heterocycles. The number of hydrogen-bond donors (Lipinski definition) is 0. The summed E-state index contributed by atoms with van der Waals surface area (Å²) in [6, 6.07) is 21.3. The van der Waals surface area contributed by atoms with Gasteiger partial charge >= 0.3 is 0 Å². The third-order valence-corrected chi connectivity index (χ3v) is 3.47. The number of rotatable bonds is 0. The van der Waals surface area contributed by atoms with Crippen molar-refractivity contribution < 1.29 is 0 Å². The van der Waals surface area contributed by atoms with Crippen LogP contribution in [-0.2, 0) is 0 Å². The standard InChI is InChI=1S/C17H11N/c1-2-7-15-13(5-1)11-12-6-3-8-14(12)16-9-4-10-18-17(15)16/h1-11H. The molecule has 1 heterocycles. The molecule has 2 aliphatic carbocycles. The molecular weight excluding hydrogens is 218 g/mol. The zero-order valence-corrected chi connectivity index (χ0v) is 9.80. The number of pyridine rings is 1. The van der Waals surface area contributed by atoms with Crippen LogP contribution in [0, 0.1) is 0 Å². The molecule has 2 aliphatic rings. The van der Waals surface area contributed by atoms with E-state index < -0.39 is 0 Å². The average Bonchev–Trinajstić information content (AvgIpc) is 2.83. The van der Waals surface area contributed by atoms with E-state index in [1.54, 1.807) is 0 Å². The van der Waals surface area contributed by atoms with Gasteiger partial charge in [0.25, 0.3) is 0 Å². The molecule has 4 rings (SSSR count). The van der Waals surface area contributed by atoms with E-state index in [9.17, 15) is 0 Å². The van der Waals surface area contributed by atoms with Crippen LogP contribution in [0.4, 0.5) is 0 Å². The van der Waals surface area contributed by atoms with E-state index in [1.165, 1.54) is 27.3 Å². The van der Waals surface area contributed by atoms with Crippen molar-refractivity contribution in [3.05, 3.63) is 66.9 Å². The molecule has 0 bridgehead atoms. The Morgan fingerprint density at radius 3 is 2.61 bits per heavy atom. The number of aromatic nitrogens is 1. The first kappa shape index (κ1) is 9.60. The first-order valence-corrected chi connectivity index (χ1v) is 6.09. The Labute approximate surface area is 105 Å². The Morgan fingerprint density at radius 1 is 0.722 bits per heavy atom. The van der Waals surface area contributed by atoms with E-state index in [0.717, 1.165) is 5.52 Å². The molecule has 0 atom stereocenters. The van der Waals surface area contributed by atoms with Gasteiger partial charge in [0.15, 0.2) is 0 Å². The Bertz CT molecular complexity index is 833. The Balaban J connectivity index is 2.40. The van der Waals surface area contributed by atoms with Gasteiger partial charge in [-0.1, -0.05) is 48.5 Å². The van der Waals surface area contributed by atoms with E-state index in [0.29, 0.717) is 0 Å². The van der Waals surface area contributed by atoms with E-state index in [1.807, 2.05) is 12.3 Å². The second-order valence-electron chi connectivity index (χ2n) is 4.53. The highest BCUT2D eigenvalue weighted by molar-refractivity contribution is 6.10. The van der Waals surface area contributed by atoms with Crippen molar-refractivity contribution in [1.29, 1.82) is 0 Å². The number of nitrogens with zero attached hydrogens (tertiary/aromatic N) is 1. The summed E-state index contributed by atoms with van der Waals surface area (Å²) in [6.45, 7) is 0. The van der Waals surface area contributed by atoms with Gasteiger partial charge in [-0.25, -0.2) is 0 Å². The van der Waals surface area contributed by atoms with E-state index in [-0.39, 0.29) is 0 Å². The van der Waals surface area contributed by atoms with Crippen molar-refractivity contribution in [3.63, 3.8) is 0 Å². The summed E-state index contributed by atoms with van der Waals surface area (Å²) >= 11 is 0. The van der Waals surface area contributed by atoms with Gasteiger partial charge in [-0.2, -0.15) is 0 Å². The SMILES string of the molecule is c1cc2cc3ccccc3c3ncccc3c-2c1. The molecule has 1 aromatic heterocycles. The molecule has 18 heavy (non-hydrogen) atoms. The lowest BCUT2D eigenvalue weighted by Gasteiger charge is -1.97. The summed E-state index contributed by atoms with van der Waals surface area (Å²) in [4.78, 5) is 4.58. The van der Waals surface area contributed by atoms with Gasteiger partial charge in [-0.05, 0) is 28.6 Å². The summed E-state index contributed by atoms with van der Waals surface area (Å²) in [6.07, 6.45) is 1.86. The molecule has 0 saturated heterocycles. The fraction of sp³-hybridized carbons (Fsp3) is 0. The molecule has 84 valence electrons. The second-order valence-corrected chi connectivity index (χ2v) is 4.53. The number of fused-ring (bicyclic) bond motifs is 5. The van der Waals surface area contributed by atoms with Gasteiger partial charge in [0.05, 0.1) is 5.52 Å². The van der Waals surface area contributed by atoms with Gasteiger partial charge in [-0.3, -0.25) is 4.98 Å². The van der Waals surface area contributed by atoms with Crippen LogP contribution in [0.25, 0.3) is 32.8 Å². The molecule has 0 amide bonds. The molecule has 1 heteroatoms. The maximum Gasteiger partial charge on any atom is 0.0786 e. The monoisotopic (exact) mass is 229 g/mol. The minimum absolute atomic E-state index is 1.08. The maximum atomic E-state index is 4.58. The quantitative estimate of drug-likeness (QED) is 0.433. The summed E-state index contributed by atoms with van der Waals surface area (Å²) in [7, 11) is 0. The molecule has 2 aromatic rings. The summed E-state index contributed by atoms with van der Waals surface area (Å²) in [5, 5.41) is 3.67. The van der Waals surface area contributed by atoms with E-state index >= 15 is 0 Å². The van der Waals surface area contributed by atoms with Crippen LogP contribution in [0.3, 0.4) is 0 Å². The Morgan fingerprint density at radius 2 is 1.61 bits per heavy atom. The van der Waals surface area contributed by atoms with Crippen molar-refractivity contribution in [2.24, 2.45) is 0 Å². The van der Waals surface area contributed by atoms with Crippen LogP contribution >= 0.6 is 0 Å². The summed E-state index contributed by atoms with van der Waals surface area (Å²) in [5.41, 5.74) is 3.62. The molecule has 0 unspecified atom stereocenters. The summed E-state index contributed by atoms with van der Waals surface area (Å²) in [5.74, 6) is 0. The topological polar surface area (TPSA) is 12.9 Å². The lowest BCUT2D eigenvalue weighted by Crippen LogP contribution is -1.76. The van der Waals surface area contributed by atoms with Crippen molar-refractivity contribution in [2.45, 2.75) is 0 Å². The maximum absolute atomic E-state index is 4.58. The highest BCUT2D eigenvalue weighted by Crippen LogP contribution is 2.33.